The summed E-state index contributed by atoms with van der Waals surface area (Å²) >= 11 is 0. The summed E-state index contributed by atoms with van der Waals surface area (Å²) in [6.45, 7) is 3.25. The van der Waals surface area contributed by atoms with Gasteiger partial charge in [0, 0.05) is 18.7 Å². The highest BCUT2D eigenvalue weighted by Crippen LogP contribution is 2.19. The van der Waals surface area contributed by atoms with Crippen LogP contribution < -0.4 is 10.1 Å². The van der Waals surface area contributed by atoms with Gasteiger partial charge in [-0.2, -0.15) is 5.26 Å². The Kier molecular flexibility index (Phi) is 6.41. The topological polar surface area (TPSA) is 71.3 Å². The summed E-state index contributed by atoms with van der Waals surface area (Å²) in [4.78, 5) is 11.1. The third-order valence-corrected chi connectivity index (χ3v) is 2.54. The number of ether oxygens (including phenoxy) is 2. The number of carbonyl (C=O) groups is 1. The first-order chi connectivity index (χ1) is 9.21. The van der Waals surface area contributed by atoms with Gasteiger partial charge in [-0.25, -0.2) is 0 Å². The van der Waals surface area contributed by atoms with Crippen LogP contribution in [0.1, 0.15) is 24.5 Å². The Morgan fingerprint density at radius 2 is 2.26 bits per heavy atom. The maximum absolute atomic E-state index is 11.1. The molecule has 1 N–H and O–H groups in total. The Bertz CT molecular complexity index is 466. The summed E-state index contributed by atoms with van der Waals surface area (Å²) < 4.78 is 10.0. The number of nitrogens with zero attached hydrogens (tertiary/aromatic N) is 1. The molecule has 0 aliphatic carbocycles. The summed E-state index contributed by atoms with van der Waals surface area (Å²) in [5.74, 6) is 0.510. The lowest BCUT2D eigenvalue weighted by atomic mass is 10.1. The van der Waals surface area contributed by atoms with Crippen molar-refractivity contribution < 1.29 is 14.3 Å². The van der Waals surface area contributed by atoms with Crippen molar-refractivity contribution in [3.63, 3.8) is 0 Å². The Balaban J connectivity index is 2.48. The van der Waals surface area contributed by atoms with Crippen LogP contribution in [0.2, 0.25) is 0 Å². The van der Waals surface area contributed by atoms with Gasteiger partial charge < -0.3 is 14.8 Å². The molecule has 0 aromatic heterocycles. The molecular formula is C14H18N2O3. The predicted octanol–water partition coefficient (Wildman–Crippen LogP) is 1.61. The van der Waals surface area contributed by atoms with Crippen molar-refractivity contribution in [2.24, 2.45) is 0 Å². The second kappa shape index (κ2) is 8.11. The summed E-state index contributed by atoms with van der Waals surface area (Å²) in [6, 6.07) is 7.33. The zero-order valence-electron chi connectivity index (χ0n) is 11.2. The Labute approximate surface area is 113 Å². The van der Waals surface area contributed by atoms with E-state index in [1.807, 2.05) is 0 Å². The number of benzene rings is 1. The van der Waals surface area contributed by atoms with Crippen molar-refractivity contribution in [2.75, 3.05) is 20.3 Å². The zero-order chi connectivity index (χ0) is 14.1. The second-order valence-corrected chi connectivity index (χ2v) is 3.87. The maximum atomic E-state index is 11.1. The fraction of sp³-hybridized carbons (Fsp3) is 0.429. The van der Waals surface area contributed by atoms with Gasteiger partial charge in [-0.1, -0.05) is 0 Å². The maximum Gasteiger partial charge on any atom is 0.307 e. The largest absolute Gasteiger partial charge is 0.496 e. The Morgan fingerprint density at radius 3 is 2.89 bits per heavy atom. The highest BCUT2D eigenvalue weighted by Gasteiger charge is 2.05. The zero-order valence-corrected chi connectivity index (χ0v) is 11.2. The van der Waals surface area contributed by atoms with E-state index < -0.39 is 0 Å². The molecule has 0 bridgehead atoms. The molecule has 0 amide bonds. The Hall–Kier alpha value is -2.06. The van der Waals surface area contributed by atoms with Crippen LogP contribution in [0.15, 0.2) is 18.2 Å². The quantitative estimate of drug-likeness (QED) is 0.597. The van der Waals surface area contributed by atoms with Crippen LogP contribution in [0.25, 0.3) is 0 Å². The molecule has 1 aromatic rings. The van der Waals surface area contributed by atoms with E-state index in [0.717, 1.165) is 11.3 Å². The lowest BCUT2D eigenvalue weighted by Gasteiger charge is -2.09. The van der Waals surface area contributed by atoms with Crippen LogP contribution in [0.4, 0.5) is 0 Å². The van der Waals surface area contributed by atoms with Crippen LogP contribution in [-0.4, -0.2) is 26.2 Å². The van der Waals surface area contributed by atoms with Crippen LogP contribution in [-0.2, 0) is 16.1 Å². The first kappa shape index (κ1) is 15.0. The average molecular weight is 262 g/mol. The molecule has 0 unspecified atom stereocenters. The molecule has 1 rings (SSSR count). The summed E-state index contributed by atoms with van der Waals surface area (Å²) in [6.07, 6.45) is 0.327. The van der Waals surface area contributed by atoms with Crippen LogP contribution in [0.5, 0.6) is 5.75 Å². The highest BCUT2D eigenvalue weighted by atomic mass is 16.5. The van der Waals surface area contributed by atoms with Gasteiger partial charge in [0.25, 0.3) is 0 Å². The van der Waals surface area contributed by atoms with E-state index >= 15 is 0 Å². The van der Waals surface area contributed by atoms with E-state index in [2.05, 4.69) is 11.4 Å². The minimum atomic E-state index is -0.215. The number of rotatable bonds is 7. The van der Waals surface area contributed by atoms with Gasteiger partial charge in [0.1, 0.15) is 5.75 Å². The number of methoxy groups -OCH3 is 1. The molecule has 19 heavy (non-hydrogen) atoms. The Morgan fingerprint density at radius 1 is 1.47 bits per heavy atom. The van der Waals surface area contributed by atoms with Gasteiger partial charge >= 0.3 is 5.97 Å². The molecular weight excluding hydrogens is 244 g/mol. The average Bonchev–Trinajstić information content (AvgIpc) is 2.43. The van der Waals surface area contributed by atoms with Gasteiger partial charge in [0.15, 0.2) is 0 Å². The standard InChI is InChI=1S/C14H18N2O3/c1-3-19-14(17)6-7-16-10-12-8-11(9-15)4-5-13(12)18-2/h4-5,8,16H,3,6-7,10H2,1-2H3. The lowest BCUT2D eigenvalue weighted by Crippen LogP contribution is -2.19. The van der Waals surface area contributed by atoms with Crippen molar-refractivity contribution in [2.45, 2.75) is 19.9 Å². The molecule has 1 aromatic carbocycles. The minimum absolute atomic E-state index is 0.215. The van der Waals surface area contributed by atoms with Gasteiger partial charge in [-0.15, -0.1) is 0 Å². The van der Waals surface area contributed by atoms with E-state index in [0.29, 0.717) is 31.7 Å². The third-order valence-electron chi connectivity index (χ3n) is 2.54. The highest BCUT2D eigenvalue weighted by molar-refractivity contribution is 5.69. The lowest BCUT2D eigenvalue weighted by molar-refractivity contribution is -0.142. The number of nitrogens with one attached hydrogen (secondary N) is 1. The third kappa shape index (κ3) is 4.98. The number of carbonyl (C=O) groups excluding carboxylic acids is 1. The van der Waals surface area contributed by atoms with Gasteiger partial charge in [0.2, 0.25) is 0 Å². The van der Waals surface area contributed by atoms with Gasteiger partial charge in [-0.05, 0) is 25.1 Å². The van der Waals surface area contributed by atoms with Crippen molar-refractivity contribution in [1.29, 1.82) is 5.26 Å². The number of esters is 1. The molecule has 0 fully saturated rings. The fourth-order valence-corrected chi connectivity index (χ4v) is 1.63. The van der Waals surface area contributed by atoms with E-state index in [9.17, 15) is 4.79 Å². The molecule has 5 heteroatoms. The van der Waals surface area contributed by atoms with Crippen LogP contribution in [0, 0.1) is 11.3 Å². The molecule has 0 radical (unpaired) electrons. The number of hydrogen-bond acceptors (Lipinski definition) is 5. The predicted molar refractivity (Wildman–Crippen MR) is 70.7 cm³/mol. The van der Waals surface area contributed by atoms with Gasteiger partial charge in [-0.3, -0.25) is 4.79 Å². The first-order valence-electron chi connectivity index (χ1n) is 6.14. The monoisotopic (exact) mass is 262 g/mol. The van der Waals surface area contributed by atoms with E-state index in [1.165, 1.54) is 0 Å². The second-order valence-electron chi connectivity index (χ2n) is 3.87. The summed E-state index contributed by atoms with van der Waals surface area (Å²) in [5, 5.41) is 12.0. The van der Waals surface area contributed by atoms with Crippen molar-refractivity contribution in [3.05, 3.63) is 29.3 Å². The molecule has 0 aliphatic rings. The molecule has 0 atom stereocenters. The van der Waals surface area contributed by atoms with Crippen LogP contribution in [0.3, 0.4) is 0 Å². The van der Waals surface area contributed by atoms with E-state index in [4.69, 9.17) is 14.7 Å². The molecule has 5 nitrogen and oxygen atoms in total. The van der Waals surface area contributed by atoms with E-state index in [1.54, 1.807) is 32.2 Å². The first-order valence-corrected chi connectivity index (χ1v) is 6.14. The smallest absolute Gasteiger partial charge is 0.307 e. The van der Waals surface area contributed by atoms with Crippen molar-refractivity contribution >= 4 is 5.97 Å². The number of hydrogen-bond donors (Lipinski definition) is 1. The van der Waals surface area contributed by atoms with Gasteiger partial charge in [0.05, 0.1) is 31.8 Å². The molecule has 0 saturated carbocycles. The fourth-order valence-electron chi connectivity index (χ4n) is 1.63. The normalized spacial score (nSPS) is 9.74. The SMILES string of the molecule is CCOC(=O)CCNCc1cc(C#N)ccc1OC. The summed E-state index contributed by atoms with van der Waals surface area (Å²) in [5.41, 5.74) is 1.48. The van der Waals surface area contributed by atoms with Crippen molar-refractivity contribution in [3.8, 4) is 11.8 Å². The summed E-state index contributed by atoms with van der Waals surface area (Å²) in [7, 11) is 1.59. The molecule has 0 aliphatic heterocycles. The van der Waals surface area contributed by atoms with E-state index in [-0.39, 0.29) is 5.97 Å². The molecule has 102 valence electrons. The van der Waals surface area contributed by atoms with Crippen molar-refractivity contribution in [1.82, 2.24) is 5.32 Å². The molecule has 0 saturated heterocycles. The minimum Gasteiger partial charge on any atom is -0.496 e. The number of nitriles is 1. The van der Waals surface area contributed by atoms with Crippen LogP contribution >= 0.6 is 0 Å². The molecule has 0 heterocycles. The molecule has 0 spiro atoms.